The van der Waals surface area contributed by atoms with Crippen LogP contribution in [0.4, 0.5) is 0 Å². The highest BCUT2D eigenvalue weighted by Crippen LogP contribution is 2.33. The smallest absolute Gasteiger partial charge is 0.272 e. The Balaban J connectivity index is 1.80. The fourth-order valence-corrected chi connectivity index (χ4v) is 2.67. The van der Waals surface area contributed by atoms with E-state index in [0.29, 0.717) is 12.2 Å². The van der Waals surface area contributed by atoms with Crippen molar-refractivity contribution in [1.82, 2.24) is 10.5 Å². The Morgan fingerprint density at radius 2 is 2.08 bits per heavy atom. The van der Waals surface area contributed by atoms with Gasteiger partial charge in [-0.1, -0.05) is 0 Å². The van der Waals surface area contributed by atoms with Crippen molar-refractivity contribution in [1.29, 1.82) is 0 Å². The van der Waals surface area contributed by atoms with Gasteiger partial charge in [0.2, 0.25) is 5.91 Å². The molecule has 0 fully saturated rings. The van der Waals surface area contributed by atoms with Crippen LogP contribution in [-0.2, 0) is 14.4 Å². The normalized spacial score (nSPS) is 16.3. The summed E-state index contributed by atoms with van der Waals surface area (Å²) in [5.41, 5.74) is 3.77. The molecule has 0 radical (unpaired) electrons. The van der Waals surface area contributed by atoms with Gasteiger partial charge in [0, 0.05) is 13.3 Å². The Bertz CT molecular complexity index is 799. The van der Waals surface area contributed by atoms with E-state index in [-0.39, 0.29) is 24.5 Å². The van der Waals surface area contributed by atoms with Crippen LogP contribution in [0, 0.1) is 0 Å². The maximum Gasteiger partial charge on any atom is 0.272 e. The zero-order chi connectivity index (χ0) is 18.5. The Kier molecular flexibility index (Phi) is 5.33. The maximum atomic E-state index is 12.5. The lowest BCUT2D eigenvalue weighted by Crippen LogP contribution is -2.33. The first-order chi connectivity index (χ1) is 12.6. The largest absolute Gasteiger partial charge is 0.497 e. The minimum atomic E-state index is -0.385. The molecule has 0 saturated carbocycles. The monoisotopic (exact) mass is 357 g/mol. The summed E-state index contributed by atoms with van der Waals surface area (Å²) < 4.78 is 10.6. The predicted molar refractivity (Wildman–Crippen MR) is 92.2 cm³/mol. The van der Waals surface area contributed by atoms with Crippen molar-refractivity contribution >= 4 is 17.5 Å². The molecular weight excluding hydrogens is 338 g/mol. The molecule has 1 atom stereocenters. The van der Waals surface area contributed by atoms with E-state index in [4.69, 9.17) is 14.0 Å². The Labute approximate surface area is 150 Å². The molecule has 3 rings (SSSR count). The number of hydroxylamine groups is 1. The van der Waals surface area contributed by atoms with Gasteiger partial charge in [-0.05, 0) is 42.0 Å². The van der Waals surface area contributed by atoms with Gasteiger partial charge < -0.3 is 9.15 Å². The van der Waals surface area contributed by atoms with Crippen molar-refractivity contribution in [3.05, 3.63) is 54.0 Å². The summed E-state index contributed by atoms with van der Waals surface area (Å²) in [5.74, 6) is 0.601. The number of nitrogens with one attached hydrogen (secondary N) is 1. The second-order valence-corrected chi connectivity index (χ2v) is 5.70. The van der Waals surface area contributed by atoms with Gasteiger partial charge in [-0.2, -0.15) is 5.10 Å². The summed E-state index contributed by atoms with van der Waals surface area (Å²) in [7, 11) is 1.60. The molecule has 0 aliphatic carbocycles. The SMILES string of the molecule is COc1ccc(C2=NN(C(=O)CONC(C)=O)C(c3ccco3)C2)cc1. The van der Waals surface area contributed by atoms with E-state index in [1.54, 1.807) is 25.5 Å². The van der Waals surface area contributed by atoms with E-state index in [2.05, 4.69) is 10.6 Å². The number of rotatable bonds is 6. The number of hydrogen-bond donors (Lipinski definition) is 1. The van der Waals surface area contributed by atoms with Crippen LogP contribution in [0.1, 0.15) is 30.7 Å². The number of ether oxygens (including phenoxy) is 1. The molecule has 1 aromatic carbocycles. The first-order valence-corrected chi connectivity index (χ1v) is 8.04. The first-order valence-electron chi connectivity index (χ1n) is 8.04. The maximum absolute atomic E-state index is 12.5. The molecule has 1 aliphatic heterocycles. The molecular formula is C18H19N3O5. The number of carbonyl (C=O) groups excluding carboxylic acids is 2. The van der Waals surface area contributed by atoms with Crippen LogP contribution < -0.4 is 10.2 Å². The van der Waals surface area contributed by atoms with E-state index in [9.17, 15) is 9.59 Å². The molecule has 2 amide bonds. The van der Waals surface area contributed by atoms with Gasteiger partial charge in [-0.25, -0.2) is 10.5 Å². The van der Waals surface area contributed by atoms with Gasteiger partial charge in [-0.15, -0.1) is 0 Å². The summed E-state index contributed by atoms with van der Waals surface area (Å²) in [6, 6.07) is 10.6. The topological polar surface area (TPSA) is 93.4 Å². The molecule has 1 N–H and O–H groups in total. The second kappa shape index (κ2) is 7.83. The number of furan rings is 1. The highest BCUT2D eigenvalue weighted by molar-refractivity contribution is 6.03. The molecule has 8 nitrogen and oxygen atoms in total. The fourth-order valence-electron chi connectivity index (χ4n) is 2.67. The Morgan fingerprint density at radius 1 is 1.31 bits per heavy atom. The summed E-state index contributed by atoms with van der Waals surface area (Å²) >= 11 is 0. The Hall–Kier alpha value is -3.13. The summed E-state index contributed by atoms with van der Waals surface area (Å²) in [5, 5.41) is 5.79. The first kappa shape index (κ1) is 17.7. The zero-order valence-corrected chi connectivity index (χ0v) is 14.5. The van der Waals surface area contributed by atoms with E-state index in [0.717, 1.165) is 17.0 Å². The van der Waals surface area contributed by atoms with Gasteiger partial charge in [0.25, 0.3) is 5.91 Å². The molecule has 1 aromatic heterocycles. The Morgan fingerprint density at radius 3 is 2.69 bits per heavy atom. The average Bonchev–Trinajstić information content (AvgIpc) is 3.31. The summed E-state index contributed by atoms with van der Waals surface area (Å²) in [6.45, 7) is 0.974. The third-order valence-corrected chi connectivity index (χ3v) is 3.87. The van der Waals surface area contributed by atoms with E-state index >= 15 is 0 Å². The second-order valence-electron chi connectivity index (χ2n) is 5.70. The van der Waals surface area contributed by atoms with E-state index in [1.165, 1.54) is 11.9 Å². The third-order valence-electron chi connectivity index (χ3n) is 3.87. The molecule has 8 heteroatoms. The van der Waals surface area contributed by atoms with Crippen molar-refractivity contribution in [2.24, 2.45) is 5.10 Å². The number of carbonyl (C=O) groups is 2. The molecule has 26 heavy (non-hydrogen) atoms. The molecule has 0 bridgehead atoms. The van der Waals surface area contributed by atoms with Crippen LogP contribution in [0.5, 0.6) is 5.75 Å². The molecule has 136 valence electrons. The van der Waals surface area contributed by atoms with Gasteiger partial charge in [0.15, 0.2) is 6.61 Å². The van der Waals surface area contributed by atoms with Gasteiger partial charge in [0.1, 0.15) is 17.6 Å². The predicted octanol–water partition coefficient (Wildman–Crippen LogP) is 2.03. The zero-order valence-electron chi connectivity index (χ0n) is 14.5. The van der Waals surface area contributed by atoms with Gasteiger partial charge in [-0.3, -0.25) is 14.4 Å². The fraction of sp³-hybridized carbons (Fsp3) is 0.278. The molecule has 2 aromatic rings. The van der Waals surface area contributed by atoms with Crippen LogP contribution in [-0.4, -0.2) is 36.3 Å². The van der Waals surface area contributed by atoms with Gasteiger partial charge in [0.05, 0.1) is 19.1 Å². The van der Waals surface area contributed by atoms with Crippen molar-refractivity contribution in [2.45, 2.75) is 19.4 Å². The molecule has 0 spiro atoms. The summed E-state index contributed by atoms with van der Waals surface area (Å²) in [6.07, 6.45) is 2.06. The minimum Gasteiger partial charge on any atom is -0.497 e. The number of hydrogen-bond acceptors (Lipinski definition) is 6. The number of hydrazone groups is 1. The van der Waals surface area contributed by atoms with Crippen LogP contribution in [0.2, 0.25) is 0 Å². The molecule has 1 aliphatic rings. The molecule has 0 saturated heterocycles. The lowest BCUT2D eigenvalue weighted by Gasteiger charge is -2.19. The van der Waals surface area contributed by atoms with E-state index < -0.39 is 0 Å². The number of nitrogens with zero attached hydrogens (tertiary/aromatic N) is 2. The van der Waals surface area contributed by atoms with Crippen LogP contribution in [0.15, 0.2) is 52.2 Å². The number of methoxy groups -OCH3 is 1. The van der Waals surface area contributed by atoms with Crippen LogP contribution >= 0.6 is 0 Å². The van der Waals surface area contributed by atoms with Crippen molar-refractivity contribution in [3.63, 3.8) is 0 Å². The number of amides is 2. The lowest BCUT2D eigenvalue weighted by molar-refractivity contribution is -0.145. The third kappa shape index (κ3) is 3.92. The van der Waals surface area contributed by atoms with Crippen molar-refractivity contribution in [3.8, 4) is 5.75 Å². The molecule has 1 unspecified atom stereocenters. The van der Waals surface area contributed by atoms with Crippen molar-refractivity contribution < 1.29 is 23.6 Å². The summed E-state index contributed by atoms with van der Waals surface area (Å²) in [4.78, 5) is 28.3. The van der Waals surface area contributed by atoms with Gasteiger partial charge >= 0.3 is 0 Å². The highest BCUT2D eigenvalue weighted by atomic mass is 16.7. The lowest BCUT2D eigenvalue weighted by atomic mass is 10.0. The standard InChI is InChI=1S/C18H19N3O5/c1-12(22)20-26-11-18(23)21-16(17-4-3-9-25-17)10-15(19-21)13-5-7-14(24-2)8-6-13/h3-9,16H,10-11H2,1-2H3,(H,20,22). The van der Waals surface area contributed by atoms with Crippen LogP contribution in [0.25, 0.3) is 0 Å². The quantitative estimate of drug-likeness (QED) is 0.799. The highest BCUT2D eigenvalue weighted by Gasteiger charge is 2.34. The molecule has 2 heterocycles. The van der Waals surface area contributed by atoms with E-state index in [1.807, 2.05) is 24.3 Å². The van der Waals surface area contributed by atoms with Crippen molar-refractivity contribution in [2.75, 3.05) is 13.7 Å². The minimum absolute atomic E-state index is 0.323. The average molecular weight is 357 g/mol. The van der Waals surface area contributed by atoms with Crippen LogP contribution in [0.3, 0.4) is 0 Å². The number of benzene rings is 1.